The molecule has 1 amide bonds. The maximum Gasteiger partial charge on any atom is 0.340 e. The molecule has 2 rings (SSSR count). The molecule has 126 valence electrons. The first-order valence-electron chi connectivity index (χ1n) is 7.79. The van der Waals surface area contributed by atoms with Crippen molar-refractivity contribution in [2.75, 3.05) is 11.9 Å². The summed E-state index contributed by atoms with van der Waals surface area (Å²) in [5.74, 6) is -0.410. The summed E-state index contributed by atoms with van der Waals surface area (Å²) in [4.78, 5) is 28.3. The van der Waals surface area contributed by atoms with E-state index in [-0.39, 0.29) is 0 Å². The number of carbonyl (C=O) groups excluding carboxylic acids is 2. The SMILES string of the molecule is CCOc1ccccc1NC(=O)C(CC)OC(=O)c1cccnc1. The summed E-state index contributed by atoms with van der Waals surface area (Å²) in [6.07, 6.45) is 2.42. The summed E-state index contributed by atoms with van der Waals surface area (Å²) in [5.41, 5.74) is 0.846. The molecule has 1 atom stereocenters. The first-order chi connectivity index (χ1) is 11.7. The molecule has 0 aliphatic heterocycles. The van der Waals surface area contributed by atoms with Crippen molar-refractivity contribution >= 4 is 17.6 Å². The maximum absolute atomic E-state index is 12.4. The lowest BCUT2D eigenvalue weighted by molar-refractivity contribution is -0.124. The van der Waals surface area contributed by atoms with E-state index in [1.54, 1.807) is 43.5 Å². The highest BCUT2D eigenvalue weighted by molar-refractivity contribution is 5.98. The first-order valence-corrected chi connectivity index (χ1v) is 7.79. The van der Waals surface area contributed by atoms with Gasteiger partial charge in [0.25, 0.3) is 5.91 Å². The van der Waals surface area contributed by atoms with Crippen molar-refractivity contribution in [3.63, 3.8) is 0 Å². The van der Waals surface area contributed by atoms with Crippen molar-refractivity contribution in [1.29, 1.82) is 0 Å². The summed E-state index contributed by atoms with van der Waals surface area (Å²) >= 11 is 0. The van der Waals surface area contributed by atoms with Crippen LogP contribution in [0.1, 0.15) is 30.6 Å². The summed E-state index contributed by atoms with van der Waals surface area (Å²) in [6.45, 7) is 4.12. The molecule has 1 N–H and O–H groups in total. The van der Waals surface area contributed by atoms with E-state index in [9.17, 15) is 9.59 Å². The number of para-hydroxylation sites is 2. The van der Waals surface area contributed by atoms with Gasteiger partial charge in [-0.05, 0) is 37.6 Å². The van der Waals surface area contributed by atoms with E-state index in [0.29, 0.717) is 30.0 Å². The van der Waals surface area contributed by atoms with Crippen LogP contribution in [0.2, 0.25) is 0 Å². The highest BCUT2D eigenvalue weighted by Gasteiger charge is 2.23. The van der Waals surface area contributed by atoms with Crippen molar-refractivity contribution < 1.29 is 19.1 Å². The van der Waals surface area contributed by atoms with Crippen LogP contribution < -0.4 is 10.1 Å². The molecule has 0 fully saturated rings. The van der Waals surface area contributed by atoms with Gasteiger partial charge in [-0.25, -0.2) is 4.79 Å². The standard InChI is InChI=1S/C18H20N2O4/c1-3-15(24-18(22)13-8-7-11-19-12-13)17(21)20-14-9-5-6-10-16(14)23-4-2/h5-12,15H,3-4H2,1-2H3,(H,20,21). The second kappa shape index (κ2) is 8.67. The van der Waals surface area contributed by atoms with Gasteiger partial charge >= 0.3 is 5.97 Å². The zero-order chi connectivity index (χ0) is 17.4. The number of carbonyl (C=O) groups is 2. The Morgan fingerprint density at radius 2 is 1.96 bits per heavy atom. The van der Waals surface area contributed by atoms with Gasteiger partial charge in [-0.2, -0.15) is 0 Å². The van der Waals surface area contributed by atoms with Gasteiger partial charge in [-0.15, -0.1) is 0 Å². The topological polar surface area (TPSA) is 77.5 Å². The lowest BCUT2D eigenvalue weighted by Crippen LogP contribution is -2.32. The van der Waals surface area contributed by atoms with Crippen molar-refractivity contribution in [3.8, 4) is 5.75 Å². The number of anilines is 1. The van der Waals surface area contributed by atoms with Gasteiger partial charge in [-0.3, -0.25) is 9.78 Å². The van der Waals surface area contributed by atoms with Crippen molar-refractivity contribution in [3.05, 3.63) is 54.4 Å². The number of nitrogens with zero attached hydrogens (tertiary/aromatic N) is 1. The Morgan fingerprint density at radius 1 is 1.17 bits per heavy atom. The van der Waals surface area contributed by atoms with Gasteiger partial charge in [0.15, 0.2) is 6.10 Å². The molecule has 24 heavy (non-hydrogen) atoms. The third kappa shape index (κ3) is 4.55. The molecule has 0 bridgehead atoms. The molecule has 0 saturated heterocycles. The number of rotatable bonds is 7. The van der Waals surface area contributed by atoms with Crippen LogP contribution in [-0.2, 0) is 9.53 Å². The molecule has 0 saturated carbocycles. The average molecular weight is 328 g/mol. The first kappa shape index (κ1) is 17.5. The van der Waals surface area contributed by atoms with Crippen molar-refractivity contribution in [2.24, 2.45) is 0 Å². The molecular weight excluding hydrogens is 308 g/mol. The molecule has 1 heterocycles. The van der Waals surface area contributed by atoms with Crippen molar-refractivity contribution in [2.45, 2.75) is 26.4 Å². The summed E-state index contributed by atoms with van der Waals surface area (Å²) in [7, 11) is 0. The van der Waals surface area contributed by atoms with Crippen LogP contribution in [0.4, 0.5) is 5.69 Å². The van der Waals surface area contributed by atoms with E-state index in [2.05, 4.69) is 10.3 Å². The second-order valence-electron chi connectivity index (χ2n) is 4.96. The molecule has 0 spiro atoms. The van der Waals surface area contributed by atoms with Gasteiger partial charge in [0.2, 0.25) is 0 Å². The number of benzene rings is 1. The quantitative estimate of drug-likeness (QED) is 0.790. The number of aromatic nitrogens is 1. The van der Waals surface area contributed by atoms with E-state index in [1.807, 2.05) is 13.0 Å². The molecule has 0 aliphatic rings. The van der Waals surface area contributed by atoms with E-state index < -0.39 is 18.0 Å². The van der Waals surface area contributed by atoms with Crippen LogP contribution in [0.5, 0.6) is 5.75 Å². The van der Waals surface area contributed by atoms with Gasteiger partial charge in [-0.1, -0.05) is 19.1 Å². The number of amides is 1. The Balaban J connectivity index is 2.05. The van der Waals surface area contributed by atoms with E-state index in [0.717, 1.165) is 0 Å². The fourth-order valence-corrected chi connectivity index (χ4v) is 2.07. The lowest BCUT2D eigenvalue weighted by atomic mass is 10.2. The number of ether oxygens (including phenoxy) is 2. The van der Waals surface area contributed by atoms with Gasteiger partial charge in [0, 0.05) is 12.4 Å². The Morgan fingerprint density at radius 3 is 2.62 bits per heavy atom. The predicted octanol–water partition coefficient (Wildman–Crippen LogP) is 3.05. The molecule has 1 unspecified atom stereocenters. The zero-order valence-electron chi connectivity index (χ0n) is 13.7. The number of hydrogen-bond acceptors (Lipinski definition) is 5. The highest BCUT2D eigenvalue weighted by Crippen LogP contribution is 2.24. The molecule has 2 aromatic rings. The van der Waals surface area contributed by atoms with Gasteiger partial charge < -0.3 is 14.8 Å². The smallest absolute Gasteiger partial charge is 0.340 e. The Bertz CT molecular complexity index is 688. The zero-order valence-corrected chi connectivity index (χ0v) is 13.7. The van der Waals surface area contributed by atoms with Crippen LogP contribution in [0, 0.1) is 0 Å². The second-order valence-corrected chi connectivity index (χ2v) is 4.96. The van der Waals surface area contributed by atoms with Crippen LogP contribution in [0.3, 0.4) is 0 Å². The molecular formula is C18H20N2O4. The lowest BCUT2D eigenvalue weighted by Gasteiger charge is -2.17. The third-order valence-corrected chi connectivity index (χ3v) is 3.25. The fraction of sp³-hybridized carbons (Fsp3) is 0.278. The van der Waals surface area contributed by atoms with Gasteiger partial charge in [0.1, 0.15) is 5.75 Å². The van der Waals surface area contributed by atoms with Crippen LogP contribution in [-0.4, -0.2) is 29.6 Å². The average Bonchev–Trinajstić information content (AvgIpc) is 2.62. The van der Waals surface area contributed by atoms with E-state index >= 15 is 0 Å². The van der Waals surface area contributed by atoms with E-state index in [1.165, 1.54) is 6.20 Å². The number of hydrogen-bond donors (Lipinski definition) is 1. The largest absolute Gasteiger partial charge is 0.492 e. The normalized spacial score (nSPS) is 11.4. The minimum atomic E-state index is -0.896. The molecule has 0 radical (unpaired) electrons. The Labute approximate surface area is 140 Å². The van der Waals surface area contributed by atoms with E-state index in [4.69, 9.17) is 9.47 Å². The molecule has 0 aliphatic carbocycles. The fourth-order valence-electron chi connectivity index (χ4n) is 2.07. The molecule has 6 nitrogen and oxygen atoms in total. The number of pyridine rings is 1. The number of nitrogens with one attached hydrogen (secondary N) is 1. The molecule has 1 aromatic heterocycles. The summed E-state index contributed by atoms with van der Waals surface area (Å²) < 4.78 is 10.8. The predicted molar refractivity (Wildman–Crippen MR) is 90.0 cm³/mol. The third-order valence-electron chi connectivity index (χ3n) is 3.25. The minimum Gasteiger partial charge on any atom is -0.492 e. The minimum absolute atomic E-state index is 0.304. The van der Waals surface area contributed by atoms with Crippen LogP contribution in [0.25, 0.3) is 0 Å². The molecule has 6 heteroatoms. The summed E-state index contributed by atoms with van der Waals surface area (Å²) in [5, 5.41) is 2.75. The maximum atomic E-state index is 12.4. The Hall–Kier alpha value is -2.89. The van der Waals surface area contributed by atoms with Crippen LogP contribution in [0.15, 0.2) is 48.8 Å². The van der Waals surface area contributed by atoms with Gasteiger partial charge in [0.05, 0.1) is 17.9 Å². The van der Waals surface area contributed by atoms with Crippen molar-refractivity contribution in [1.82, 2.24) is 4.98 Å². The monoisotopic (exact) mass is 328 g/mol. The highest BCUT2D eigenvalue weighted by atomic mass is 16.5. The molecule has 1 aromatic carbocycles. The van der Waals surface area contributed by atoms with Crippen LogP contribution >= 0.6 is 0 Å². The summed E-state index contributed by atoms with van der Waals surface area (Å²) in [6, 6.07) is 10.3. The Kier molecular flexibility index (Phi) is 6.31. The number of esters is 1.